The fraction of sp³-hybridized carbons (Fsp3) is 1.00. The summed E-state index contributed by atoms with van der Waals surface area (Å²) in [5, 5.41) is -0.766. The molecule has 0 spiro atoms. The maximum atomic E-state index is 11.2. The fourth-order valence-electron chi connectivity index (χ4n) is 1.34. The molecule has 0 radical (unpaired) electrons. The summed E-state index contributed by atoms with van der Waals surface area (Å²) in [7, 11) is -5.80. The first-order valence-corrected chi connectivity index (χ1v) is 7.16. The van der Waals surface area contributed by atoms with Gasteiger partial charge in [-0.05, 0) is 12.8 Å². The second kappa shape index (κ2) is 3.55. The van der Waals surface area contributed by atoms with Crippen molar-refractivity contribution in [2.24, 2.45) is 0 Å². The lowest BCUT2D eigenvalue weighted by molar-refractivity contribution is 0.396. The molecule has 1 aliphatic heterocycles. The van der Waals surface area contributed by atoms with Gasteiger partial charge in [0.05, 0.1) is 23.9 Å². The summed E-state index contributed by atoms with van der Waals surface area (Å²) < 4.78 is 48.6. The highest BCUT2D eigenvalue weighted by molar-refractivity contribution is 7.94. The third kappa shape index (κ3) is 2.65. The molecule has 1 rings (SSSR count). The molecule has 1 fully saturated rings. The van der Waals surface area contributed by atoms with Crippen LogP contribution in [0.5, 0.6) is 0 Å². The van der Waals surface area contributed by atoms with Gasteiger partial charge in [-0.25, -0.2) is 8.42 Å². The summed E-state index contributed by atoms with van der Waals surface area (Å²) in [6.45, 7) is 0. The van der Waals surface area contributed by atoms with Gasteiger partial charge in [0.1, 0.15) is 0 Å². The third-order valence-electron chi connectivity index (χ3n) is 2.11. The van der Waals surface area contributed by atoms with Crippen molar-refractivity contribution in [3.63, 3.8) is 0 Å². The van der Waals surface area contributed by atoms with Crippen LogP contribution in [0.4, 0.5) is 0 Å². The molecule has 1 atom stereocenters. The van der Waals surface area contributed by atoms with E-state index in [0.29, 0.717) is 12.8 Å². The van der Waals surface area contributed by atoms with Gasteiger partial charge in [-0.3, -0.25) is 4.18 Å². The molecule has 1 saturated heterocycles. The molecule has 1 heterocycles. The average molecular weight is 228 g/mol. The Morgan fingerprint density at radius 2 is 2.08 bits per heavy atom. The van der Waals surface area contributed by atoms with Crippen LogP contribution in [0.15, 0.2) is 0 Å². The van der Waals surface area contributed by atoms with E-state index in [1.807, 2.05) is 0 Å². The minimum absolute atomic E-state index is 0.0941. The van der Waals surface area contributed by atoms with E-state index in [-0.39, 0.29) is 5.75 Å². The average Bonchev–Trinajstić information content (AvgIpc) is 2.31. The lowest BCUT2D eigenvalue weighted by atomic mass is 10.3. The Labute approximate surface area is 78.1 Å². The van der Waals surface area contributed by atoms with Gasteiger partial charge in [-0.2, -0.15) is 8.42 Å². The van der Waals surface area contributed by atoms with Crippen LogP contribution >= 0.6 is 0 Å². The molecule has 1 aliphatic rings. The Kier molecular flexibility index (Phi) is 2.98. The summed E-state index contributed by atoms with van der Waals surface area (Å²) in [6, 6.07) is 0. The van der Waals surface area contributed by atoms with Crippen LogP contribution < -0.4 is 0 Å². The zero-order valence-corrected chi connectivity index (χ0v) is 8.90. The molecule has 0 aromatic heterocycles. The molecule has 0 aromatic rings. The van der Waals surface area contributed by atoms with Crippen molar-refractivity contribution >= 4 is 20.0 Å². The molecule has 0 aromatic carbocycles. The highest BCUT2D eigenvalue weighted by atomic mass is 32.2. The summed E-state index contributed by atoms with van der Waals surface area (Å²) in [6.07, 6.45) is 0.969. The monoisotopic (exact) mass is 228 g/mol. The van der Waals surface area contributed by atoms with E-state index < -0.39 is 31.0 Å². The third-order valence-corrected chi connectivity index (χ3v) is 5.91. The van der Waals surface area contributed by atoms with Crippen molar-refractivity contribution in [3.8, 4) is 0 Å². The lowest BCUT2D eigenvalue weighted by Gasteiger charge is -2.07. The van der Waals surface area contributed by atoms with Crippen LogP contribution in [0, 0.1) is 0 Å². The summed E-state index contributed by atoms with van der Waals surface area (Å²) in [5.41, 5.74) is 0. The topological polar surface area (TPSA) is 77.5 Å². The first-order valence-electron chi connectivity index (χ1n) is 3.87. The predicted octanol–water partition coefficient (Wildman–Crippen LogP) is -0.460. The Hall–Kier alpha value is -0.140. The second-order valence-corrected chi connectivity index (χ2v) is 7.20. The van der Waals surface area contributed by atoms with Crippen molar-refractivity contribution in [2.75, 3.05) is 18.6 Å². The first kappa shape index (κ1) is 10.9. The zero-order chi connectivity index (χ0) is 10.1. The maximum Gasteiger partial charge on any atom is 0.268 e. The summed E-state index contributed by atoms with van der Waals surface area (Å²) in [5.74, 6) is -0.317. The van der Waals surface area contributed by atoms with E-state index >= 15 is 0 Å². The predicted molar refractivity (Wildman–Crippen MR) is 47.6 cm³/mol. The van der Waals surface area contributed by atoms with E-state index in [0.717, 1.165) is 7.11 Å². The minimum Gasteiger partial charge on any atom is -0.273 e. The van der Waals surface area contributed by atoms with Crippen LogP contribution in [0.25, 0.3) is 0 Å². The minimum atomic E-state index is -3.65. The number of hydrogen-bond acceptors (Lipinski definition) is 5. The lowest BCUT2D eigenvalue weighted by Crippen LogP contribution is -2.26. The maximum absolute atomic E-state index is 11.2. The van der Waals surface area contributed by atoms with Crippen molar-refractivity contribution < 1.29 is 21.0 Å². The van der Waals surface area contributed by atoms with Crippen LogP contribution in [0.2, 0.25) is 0 Å². The van der Waals surface area contributed by atoms with E-state index in [1.165, 1.54) is 0 Å². The molecule has 5 nitrogen and oxygen atoms in total. The molecular formula is C6H12O5S2. The molecule has 1 unspecified atom stereocenters. The van der Waals surface area contributed by atoms with Gasteiger partial charge in [0.25, 0.3) is 10.1 Å². The van der Waals surface area contributed by atoms with Gasteiger partial charge >= 0.3 is 0 Å². The van der Waals surface area contributed by atoms with E-state index in [1.54, 1.807) is 0 Å². The summed E-state index contributed by atoms with van der Waals surface area (Å²) >= 11 is 0. The highest BCUT2D eigenvalue weighted by Gasteiger charge is 2.34. The van der Waals surface area contributed by atoms with E-state index in [9.17, 15) is 16.8 Å². The molecule has 0 bridgehead atoms. The van der Waals surface area contributed by atoms with Crippen LogP contribution in [0.1, 0.15) is 12.8 Å². The van der Waals surface area contributed by atoms with Crippen LogP contribution in [-0.4, -0.2) is 40.7 Å². The molecule has 0 aliphatic carbocycles. The van der Waals surface area contributed by atoms with Crippen molar-refractivity contribution in [3.05, 3.63) is 0 Å². The largest absolute Gasteiger partial charge is 0.273 e. The van der Waals surface area contributed by atoms with Crippen LogP contribution in [0.3, 0.4) is 0 Å². The van der Waals surface area contributed by atoms with Gasteiger partial charge in [-0.1, -0.05) is 0 Å². The molecule has 13 heavy (non-hydrogen) atoms. The Balaban J connectivity index is 2.77. The quantitative estimate of drug-likeness (QED) is 0.611. The van der Waals surface area contributed by atoms with E-state index in [2.05, 4.69) is 4.18 Å². The zero-order valence-electron chi connectivity index (χ0n) is 7.26. The SMILES string of the molecule is COS(=O)(=O)CC1CCCS1(=O)=O. The normalized spacial score (nSPS) is 27.6. The molecule has 7 heteroatoms. The number of rotatable bonds is 3. The molecule has 78 valence electrons. The van der Waals surface area contributed by atoms with E-state index in [4.69, 9.17) is 0 Å². The summed E-state index contributed by atoms with van der Waals surface area (Å²) in [4.78, 5) is 0. The van der Waals surface area contributed by atoms with Crippen molar-refractivity contribution in [2.45, 2.75) is 18.1 Å². The standard InChI is InChI=1S/C6H12O5S2/c1-11-13(9,10)5-6-3-2-4-12(6,7)8/h6H,2-5H2,1H3. The van der Waals surface area contributed by atoms with Gasteiger partial charge < -0.3 is 0 Å². The second-order valence-electron chi connectivity index (χ2n) is 3.02. The van der Waals surface area contributed by atoms with Gasteiger partial charge in [0.2, 0.25) is 0 Å². The molecule has 0 amide bonds. The number of sulfone groups is 1. The molecule has 0 N–H and O–H groups in total. The molecule has 0 saturated carbocycles. The Morgan fingerprint density at radius 3 is 2.46 bits per heavy atom. The number of hydrogen-bond donors (Lipinski definition) is 0. The highest BCUT2D eigenvalue weighted by Crippen LogP contribution is 2.21. The fourth-order valence-corrected chi connectivity index (χ4v) is 4.86. The van der Waals surface area contributed by atoms with Gasteiger partial charge in [0.15, 0.2) is 9.84 Å². The molecular weight excluding hydrogens is 216 g/mol. The Bertz CT molecular complexity index is 366. The van der Waals surface area contributed by atoms with Gasteiger partial charge in [-0.15, -0.1) is 0 Å². The first-order chi connectivity index (χ1) is 5.87. The van der Waals surface area contributed by atoms with Gasteiger partial charge in [0, 0.05) is 0 Å². The van der Waals surface area contributed by atoms with Crippen LogP contribution in [-0.2, 0) is 24.1 Å². The van der Waals surface area contributed by atoms with Crippen molar-refractivity contribution in [1.29, 1.82) is 0 Å². The smallest absolute Gasteiger partial charge is 0.268 e. The van der Waals surface area contributed by atoms with Crippen molar-refractivity contribution in [1.82, 2.24) is 0 Å². The Morgan fingerprint density at radius 1 is 1.46 bits per heavy atom.